The molecule has 1 heterocycles. The van der Waals surface area contributed by atoms with Crippen molar-refractivity contribution >= 4 is 39.1 Å². The minimum atomic E-state index is -0.388. The van der Waals surface area contributed by atoms with E-state index in [-0.39, 0.29) is 24.2 Å². The van der Waals surface area contributed by atoms with Crippen molar-refractivity contribution in [1.29, 1.82) is 0 Å². The summed E-state index contributed by atoms with van der Waals surface area (Å²) in [5.41, 5.74) is 2.48. The Hall–Kier alpha value is -2.34. The van der Waals surface area contributed by atoms with Crippen molar-refractivity contribution in [3.8, 4) is 5.75 Å². The molecule has 2 amide bonds. The van der Waals surface area contributed by atoms with Gasteiger partial charge in [-0.3, -0.25) is 9.59 Å². The maximum Gasteiger partial charge on any atom is 0.229 e. The summed E-state index contributed by atoms with van der Waals surface area (Å²) in [5.74, 6) is -0.00184. The Kier molecular flexibility index (Phi) is 5.08. The van der Waals surface area contributed by atoms with Gasteiger partial charge >= 0.3 is 0 Å². The van der Waals surface area contributed by atoms with Gasteiger partial charge in [-0.1, -0.05) is 28.1 Å². The quantitative estimate of drug-likeness (QED) is 0.846. The summed E-state index contributed by atoms with van der Waals surface area (Å²) >= 11 is 3.46. The zero-order valence-electron chi connectivity index (χ0n) is 14.1. The van der Waals surface area contributed by atoms with E-state index in [2.05, 4.69) is 21.2 Å². The number of carbonyl (C=O) groups is 2. The van der Waals surface area contributed by atoms with Crippen LogP contribution in [-0.4, -0.2) is 25.5 Å². The molecule has 1 aliphatic rings. The van der Waals surface area contributed by atoms with Crippen molar-refractivity contribution in [1.82, 2.24) is 0 Å². The second-order valence-electron chi connectivity index (χ2n) is 6.03. The van der Waals surface area contributed by atoms with E-state index >= 15 is 0 Å². The van der Waals surface area contributed by atoms with Gasteiger partial charge in [0.2, 0.25) is 11.8 Å². The molecule has 0 saturated carbocycles. The summed E-state index contributed by atoms with van der Waals surface area (Å²) in [4.78, 5) is 26.6. The number of hydrogen-bond donors (Lipinski definition) is 1. The van der Waals surface area contributed by atoms with Gasteiger partial charge in [0.05, 0.1) is 18.7 Å². The number of rotatable bonds is 4. The summed E-state index contributed by atoms with van der Waals surface area (Å²) in [6.07, 6.45) is 0.204. The second-order valence-corrected chi connectivity index (χ2v) is 6.88. The number of aryl methyl sites for hydroxylation is 1. The Balaban J connectivity index is 1.73. The first-order chi connectivity index (χ1) is 12.0. The van der Waals surface area contributed by atoms with Gasteiger partial charge in [0, 0.05) is 23.1 Å². The van der Waals surface area contributed by atoms with Crippen LogP contribution in [0.2, 0.25) is 0 Å². The monoisotopic (exact) mass is 402 g/mol. The zero-order valence-corrected chi connectivity index (χ0v) is 15.7. The van der Waals surface area contributed by atoms with E-state index in [4.69, 9.17) is 4.74 Å². The van der Waals surface area contributed by atoms with Crippen LogP contribution in [0, 0.1) is 12.8 Å². The topological polar surface area (TPSA) is 58.6 Å². The molecule has 130 valence electrons. The summed E-state index contributed by atoms with van der Waals surface area (Å²) in [7, 11) is 1.56. The van der Waals surface area contributed by atoms with Gasteiger partial charge in [0.1, 0.15) is 5.75 Å². The number of halogens is 1. The van der Waals surface area contributed by atoms with Crippen LogP contribution in [0.5, 0.6) is 5.75 Å². The maximum atomic E-state index is 12.6. The molecule has 2 aromatic carbocycles. The van der Waals surface area contributed by atoms with Gasteiger partial charge in [-0.25, -0.2) is 0 Å². The molecular formula is C19H19BrN2O3. The highest BCUT2D eigenvalue weighted by atomic mass is 79.9. The lowest BCUT2D eigenvalue weighted by Crippen LogP contribution is -2.28. The molecule has 1 atom stereocenters. The molecule has 1 aliphatic heterocycles. The van der Waals surface area contributed by atoms with Gasteiger partial charge in [0.25, 0.3) is 0 Å². The van der Waals surface area contributed by atoms with Crippen molar-refractivity contribution < 1.29 is 14.3 Å². The van der Waals surface area contributed by atoms with Crippen molar-refractivity contribution in [2.75, 3.05) is 23.9 Å². The number of amides is 2. The molecule has 5 nitrogen and oxygen atoms in total. The third kappa shape index (κ3) is 3.69. The van der Waals surface area contributed by atoms with Gasteiger partial charge in [-0.15, -0.1) is 0 Å². The second kappa shape index (κ2) is 7.27. The Labute approximate surface area is 155 Å². The highest BCUT2D eigenvalue weighted by Crippen LogP contribution is 2.30. The molecule has 1 unspecified atom stereocenters. The standard InChI is InChI=1S/C19H19BrN2O3/c1-12-9-14(7-8-15(12)20)22-11-13(10-18(22)23)19(24)21-16-5-3-4-6-17(16)25-2/h3-9,13H,10-11H2,1-2H3,(H,21,24). The lowest BCUT2D eigenvalue weighted by Gasteiger charge is -2.18. The van der Waals surface area contributed by atoms with Gasteiger partial charge in [-0.05, 0) is 42.8 Å². The van der Waals surface area contributed by atoms with Gasteiger partial charge in [-0.2, -0.15) is 0 Å². The molecule has 0 radical (unpaired) electrons. The number of hydrogen-bond acceptors (Lipinski definition) is 3. The molecule has 2 aromatic rings. The molecule has 6 heteroatoms. The van der Waals surface area contributed by atoms with Gasteiger partial charge < -0.3 is 15.0 Å². The van der Waals surface area contributed by atoms with Crippen LogP contribution in [0.25, 0.3) is 0 Å². The number of benzene rings is 2. The predicted octanol–water partition coefficient (Wildman–Crippen LogP) is 3.76. The SMILES string of the molecule is COc1ccccc1NC(=O)C1CC(=O)N(c2ccc(Br)c(C)c2)C1. The van der Waals surface area contributed by atoms with Crippen LogP contribution in [0.3, 0.4) is 0 Å². The Morgan fingerprint density at radius 3 is 2.76 bits per heavy atom. The van der Waals surface area contributed by atoms with Crippen LogP contribution >= 0.6 is 15.9 Å². The molecule has 1 fully saturated rings. The summed E-state index contributed by atoms with van der Waals surface area (Å²) < 4.78 is 6.24. The third-order valence-electron chi connectivity index (χ3n) is 4.31. The van der Waals surface area contributed by atoms with Crippen molar-refractivity contribution in [2.24, 2.45) is 5.92 Å². The molecule has 25 heavy (non-hydrogen) atoms. The largest absolute Gasteiger partial charge is 0.495 e. The van der Waals surface area contributed by atoms with E-state index in [0.717, 1.165) is 15.7 Å². The molecule has 1 N–H and O–H groups in total. The van der Waals surface area contributed by atoms with Crippen LogP contribution < -0.4 is 15.0 Å². The van der Waals surface area contributed by atoms with Crippen LogP contribution in [0.1, 0.15) is 12.0 Å². The van der Waals surface area contributed by atoms with Crippen molar-refractivity contribution in [2.45, 2.75) is 13.3 Å². The first kappa shape index (κ1) is 17.5. The third-order valence-corrected chi connectivity index (χ3v) is 5.20. The average molecular weight is 403 g/mol. The van der Waals surface area contributed by atoms with Crippen LogP contribution in [0.15, 0.2) is 46.9 Å². The summed E-state index contributed by atoms with van der Waals surface area (Å²) in [6, 6.07) is 13.0. The molecule has 3 rings (SSSR count). The fourth-order valence-electron chi connectivity index (χ4n) is 2.91. The van der Waals surface area contributed by atoms with E-state index in [9.17, 15) is 9.59 Å². The number of ether oxygens (including phenoxy) is 1. The fourth-order valence-corrected chi connectivity index (χ4v) is 3.16. The van der Waals surface area contributed by atoms with E-state index in [1.165, 1.54) is 0 Å². The van der Waals surface area contributed by atoms with Crippen LogP contribution in [-0.2, 0) is 9.59 Å². The minimum Gasteiger partial charge on any atom is -0.495 e. The molecule has 0 spiro atoms. The number of nitrogens with one attached hydrogen (secondary N) is 1. The Bertz CT molecular complexity index is 822. The molecule has 1 saturated heterocycles. The first-order valence-corrected chi connectivity index (χ1v) is 8.79. The van der Waals surface area contributed by atoms with Crippen molar-refractivity contribution in [3.63, 3.8) is 0 Å². The lowest BCUT2D eigenvalue weighted by molar-refractivity contribution is -0.122. The number of anilines is 2. The van der Waals surface area contributed by atoms with E-state index in [1.807, 2.05) is 37.3 Å². The van der Waals surface area contributed by atoms with Crippen LogP contribution in [0.4, 0.5) is 11.4 Å². The van der Waals surface area contributed by atoms with Gasteiger partial charge in [0.15, 0.2) is 0 Å². The molecule has 0 aromatic heterocycles. The maximum absolute atomic E-state index is 12.6. The summed E-state index contributed by atoms with van der Waals surface area (Å²) in [5, 5.41) is 2.87. The highest BCUT2D eigenvalue weighted by molar-refractivity contribution is 9.10. The number of para-hydroxylation sites is 2. The lowest BCUT2D eigenvalue weighted by atomic mass is 10.1. The van der Waals surface area contributed by atoms with E-state index < -0.39 is 0 Å². The predicted molar refractivity (Wildman–Crippen MR) is 101 cm³/mol. The first-order valence-electron chi connectivity index (χ1n) is 8.00. The number of nitrogens with zero attached hydrogens (tertiary/aromatic N) is 1. The number of carbonyl (C=O) groups excluding carboxylic acids is 2. The highest BCUT2D eigenvalue weighted by Gasteiger charge is 2.35. The normalized spacial score (nSPS) is 16.8. The van der Waals surface area contributed by atoms with E-state index in [1.54, 1.807) is 24.1 Å². The zero-order chi connectivity index (χ0) is 18.0. The summed E-state index contributed by atoms with van der Waals surface area (Å²) in [6.45, 7) is 2.35. The fraction of sp³-hybridized carbons (Fsp3) is 0.263. The smallest absolute Gasteiger partial charge is 0.229 e. The Morgan fingerprint density at radius 1 is 1.28 bits per heavy atom. The Morgan fingerprint density at radius 2 is 2.04 bits per heavy atom. The van der Waals surface area contributed by atoms with E-state index in [0.29, 0.717) is 18.0 Å². The molecule has 0 aliphatic carbocycles. The number of methoxy groups -OCH3 is 1. The minimum absolute atomic E-state index is 0.0399. The van der Waals surface area contributed by atoms with Crippen molar-refractivity contribution in [3.05, 3.63) is 52.5 Å². The molecular weight excluding hydrogens is 384 g/mol. The average Bonchev–Trinajstić information content (AvgIpc) is 3.00. The molecule has 0 bridgehead atoms.